The topological polar surface area (TPSA) is 108 Å². The number of hydrogen-bond donors (Lipinski definition) is 3. The highest BCUT2D eigenvalue weighted by molar-refractivity contribution is 7.91. The van der Waals surface area contributed by atoms with E-state index < -0.39 is 15.9 Å². The van der Waals surface area contributed by atoms with Crippen molar-refractivity contribution in [3.8, 4) is 0 Å². The predicted octanol–water partition coefficient (Wildman–Crippen LogP) is 2.22. The highest BCUT2D eigenvalue weighted by Gasteiger charge is 2.13. The summed E-state index contributed by atoms with van der Waals surface area (Å²) in [6.07, 6.45) is 1.25. The molecule has 10 heteroatoms. The Kier molecular flexibility index (Phi) is 6.77. The zero-order chi connectivity index (χ0) is 16.2. The molecular formula is C13H13Cl2N3O4S. The monoisotopic (exact) mass is 377 g/mol. The van der Waals surface area contributed by atoms with Gasteiger partial charge < -0.3 is 0 Å². The fourth-order valence-corrected chi connectivity index (χ4v) is 3.01. The van der Waals surface area contributed by atoms with Gasteiger partial charge in [-0.15, -0.1) is 12.4 Å². The summed E-state index contributed by atoms with van der Waals surface area (Å²) in [4.78, 5) is 15.0. The second-order valence-corrected chi connectivity index (χ2v) is 6.52. The van der Waals surface area contributed by atoms with Gasteiger partial charge in [0.05, 0.1) is 11.4 Å². The molecule has 0 spiro atoms. The van der Waals surface area contributed by atoms with Gasteiger partial charge >= 0.3 is 0 Å². The Hall–Kier alpha value is -1.87. The third kappa shape index (κ3) is 5.68. The Labute approximate surface area is 144 Å². The molecule has 1 aromatic carbocycles. The first kappa shape index (κ1) is 19.2. The summed E-state index contributed by atoms with van der Waals surface area (Å²) in [5, 5.41) is 9.06. The predicted molar refractivity (Wildman–Crippen MR) is 88.4 cm³/mol. The van der Waals surface area contributed by atoms with Gasteiger partial charge in [-0.05, 0) is 29.8 Å². The van der Waals surface area contributed by atoms with Gasteiger partial charge in [0, 0.05) is 11.2 Å². The largest absolute Gasteiger partial charge is 0.293 e. The molecule has 124 valence electrons. The minimum Gasteiger partial charge on any atom is -0.288 e. The van der Waals surface area contributed by atoms with Crippen molar-refractivity contribution in [2.75, 3.05) is 4.72 Å². The summed E-state index contributed by atoms with van der Waals surface area (Å²) < 4.78 is 26.5. The van der Waals surface area contributed by atoms with E-state index in [1.165, 1.54) is 23.8 Å². The Balaban J connectivity index is 0.00000264. The van der Waals surface area contributed by atoms with Crippen LogP contribution in [0.15, 0.2) is 42.6 Å². The minimum atomic E-state index is -3.66. The smallest absolute Gasteiger partial charge is 0.288 e. The van der Waals surface area contributed by atoms with Crippen LogP contribution >= 0.6 is 24.0 Å². The molecule has 0 saturated carbocycles. The SMILES string of the molecule is Cl.O=C(NO)c1cc(NS(=O)(=O)Cc2ccc(Cl)cc2)ccn1. The summed E-state index contributed by atoms with van der Waals surface area (Å²) in [5.41, 5.74) is 2.05. The molecule has 1 aromatic heterocycles. The van der Waals surface area contributed by atoms with E-state index in [1.807, 2.05) is 0 Å². The zero-order valence-corrected chi connectivity index (χ0v) is 14.0. The van der Waals surface area contributed by atoms with Crippen LogP contribution in [0.2, 0.25) is 5.02 Å². The average Bonchev–Trinajstić information content (AvgIpc) is 2.48. The third-order valence-corrected chi connectivity index (χ3v) is 4.15. The van der Waals surface area contributed by atoms with Crippen molar-refractivity contribution in [1.82, 2.24) is 10.5 Å². The van der Waals surface area contributed by atoms with Crippen molar-refractivity contribution in [3.05, 3.63) is 58.9 Å². The van der Waals surface area contributed by atoms with E-state index >= 15 is 0 Å². The highest BCUT2D eigenvalue weighted by Crippen LogP contribution is 2.15. The van der Waals surface area contributed by atoms with Crippen LogP contribution in [0.5, 0.6) is 0 Å². The molecule has 0 bridgehead atoms. The highest BCUT2D eigenvalue weighted by atomic mass is 35.5. The summed E-state index contributed by atoms with van der Waals surface area (Å²) >= 11 is 5.74. The maximum atomic E-state index is 12.1. The molecule has 7 nitrogen and oxygen atoms in total. The number of amides is 1. The molecule has 0 aliphatic rings. The van der Waals surface area contributed by atoms with Gasteiger partial charge in [0.1, 0.15) is 5.69 Å². The van der Waals surface area contributed by atoms with Crippen molar-refractivity contribution in [1.29, 1.82) is 0 Å². The first-order chi connectivity index (χ1) is 10.4. The van der Waals surface area contributed by atoms with Crippen LogP contribution in [0.1, 0.15) is 16.1 Å². The number of nitrogens with one attached hydrogen (secondary N) is 2. The van der Waals surface area contributed by atoms with Gasteiger partial charge in [0.25, 0.3) is 5.91 Å². The number of hydroxylamine groups is 1. The van der Waals surface area contributed by atoms with Crippen LogP contribution in [0.4, 0.5) is 5.69 Å². The number of halogens is 2. The lowest BCUT2D eigenvalue weighted by Gasteiger charge is -2.09. The van der Waals surface area contributed by atoms with Gasteiger partial charge in [-0.2, -0.15) is 0 Å². The maximum absolute atomic E-state index is 12.1. The quantitative estimate of drug-likeness (QED) is 0.546. The molecule has 2 aromatic rings. The standard InChI is InChI=1S/C13H12ClN3O4S.ClH/c14-10-3-1-9(2-4-10)8-22(20,21)17-11-5-6-15-12(7-11)13(18)16-19;/h1-7,19H,8H2,(H,15,17)(H,16,18);1H. The molecule has 0 saturated heterocycles. The Bertz CT molecular complexity index is 782. The van der Waals surface area contributed by atoms with Crippen molar-refractivity contribution in [2.24, 2.45) is 0 Å². The Morgan fingerprint density at radius 2 is 1.87 bits per heavy atom. The van der Waals surface area contributed by atoms with Crippen molar-refractivity contribution < 1.29 is 18.4 Å². The summed E-state index contributed by atoms with van der Waals surface area (Å²) in [7, 11) is -3.66. The lowest BCUT2D eigenvalue weighted by molar-refractivity contribution is 0.0701. The van der Waals surface area contributed by atoms with E-state index in [0.29, 0.717) is 10.6 Å². The summed E-state index contributed by atoms with van der Waals surface area (Å²) in [6, 6.07) is 9.03. The lowest BCUT2D eigenvalue weighted by atomic mass is 10.2. The zero-order valence-electron chi connectivity index (χ0n) is 11.6. The van der Waals surface area contributed by atoms with E-state index in [0.717, 1.165) is 0 Å². The van der Waals surface area contributed by atoms with Crippen molar-refractivity contribution in [2.45, 2.75) is 5.75 Å². The molecule has 0 aliphatic carbocycles. The molecular weight excluding hydrogens is 365 g/mol. The second kappa shape index (κ2) is 8.11. The molecule has 1 heterocycles. The fraction of sp³-hybridized carbons (Fsp3) is 0.0769. The number of hydrogen-bond acceptors (Lipinski definition) is 5. The number of anilines is 1. The van der Waals surface area contributed by atoms with Gasteiger partial charge in [-0.25, -0.2) is 13.9 Å². The minimum absolute atomic E-state index is 0. The number of nitrogens with zero attached hydrogens (tertiary/aromatic N) is 1. The van der Waals surface area contributed by atoms with Crippen molar-refractivity contribution in [3.63, 3.8) is 0 Å². The van der Waals surface area contributed by atoms with Crippen LogP contribution in [0.25, 0.3) is 0 Å². The maximum Gasteiger partial charge on any atom is 0.293 e. The van der Waals surface area contributed by atoms with Gasteiger partial charge in [0.15, 0.2) is 0 Å². The molecule has 2 rings (SSSR count). The van der Waals surface area contributed by atoms with E-state index in [4.69, 9.17) is 16.8 Å². The number of carbonyl (C=O) groups is 1. The number of rotatable bonds is 5. The lowest BCUT2D eigenvalue weighted by Crippen LogP contribution is -2.20. The summed E-state index contributed by atoms with van der Waals surface area (Å²) in [6.45, 7) is 0. The molecule has 0 radical (unpaired) electrons. The number of carbonyl (C=O) groups excluding carboxylic acids is 1. The van der Waals surface area contributed by atoms with E-state index in [9.17, 15) is 13.2 Å². The molecule has 0 unspecified atom stereocenters. The van der Waals surface area contributed by atoms with E-state index in [-0.39, 0.29) is 29.5 Å². The van der Waals surface area contributed by atoms with E-state index in [1.54, 1.807) is 24.3 Å². The third-order valence-electron chi connectivity index (χ3n) is 2.64. The molecule has 23 heavy (non-hydrogen) atoms. The molecule has 1 amide bonds. The number of pyridine rings is 1. The van der Waals surface area contributed by atoms with Crippen molar-refractivity contribution >= 4 is 45.6 Å². The first-order valence-corrected chi connectivity index (χ1v) is 8.08. The Morgan fingerprint density at radius 1 is 1.22 bits per heavy atom. The molecule has 0 aliphatic heterocycles. The molecule has 3 N–H and O–H groups in total. The van der Waals surface area contributed by atoms with Gasteiger partial charge in [-0.3, -0.25) is 19.7 Å². The average molecular weight is 378 g/mol. The van der Waals surface area contributed by atoms with Crippen LogP contribution in [-0.2, 0) is 15.8 Å². The van der Waals surface area contributed by atoms with Crippen LogP contribution in [-0.4, -0.2) is 24.5 Å². The second-order valence-electron chi connectivity index (χ2n) is 4.36. The summed E-state index contributed by atoms with van der Waals surface area (Å²) in [5.74, 6) is -1.08. The Morgan fingerprint density at radius 3 is 2.48 bits per heavy atom. The number of sulfonamides is 1. The first-order valence-electron chi connectivity index (χ1n) is 6.05. The van der Waals surface area contributed by atoms with Crippen LogP contribution in [0.3, 0.4) is 0 Å². The number of aromatic nitrogens is 1. The van der Waals surface area contributed by atoms with E-state index in [2.05, 4.69) is 9.71 Å². The fourth-order valence-electron chi connectivity index (χ4n) is 1.69. The van der Waals surface area contributed by atoms with Crippen LogP contribution in [0, 0.1) is 0 Å². The van der Waals surface area contributed by atoms with Gasteiger partial charge in [0.2, 0.25) is 10.0 Å². The molecule has 0 fully saturated rings. The normalized spacial score (nSPS) is 10.5. The van der Waals surface area contributed by atoms with Gasteiger partial charge in [-0.1, -0.05) is 23.7 Å². The number of benzene rings is 1. The van der Waals surface area contributed by atoms with Crippen LogP contribution < -0.4 is 10.2 Å². The molecule has 0 atom stereocenters.